The third-order valence-electron chi connectivity index (χ3n) is 4.63. The van der Waals surface area contributed by atoms with Gasteiger partial charge in [0.25, 0.3) is 0 Å². The zero-order chi connectivity index (χ0) is 22.1. The summed E-state index contributed by atoms with van der Waals surface area (Å²) < 4.78 is 9.24. The first-order chi connectivity index (χ1) is 15.6. The molecule has 0 atom stereocenters. The van der Waals surface area contributed by atoms with Crippen LogP contribution in [0.1, 0.15) is 12.5 Å². The molecule has 0 amide bonds. The molecule has 3 aromatic heterocycles. The van der Waals surface area contributed by atoms with Gasteiger partial charge in [-0.1, -0.05) is 47.0 Å². The van der Waals surface area contributed by atoms with Crippen LogP contribution >= 0.6 is 70.6 Å². The minimum Gasteiger partial charge on any atom is -0.223 e. The van der Waals surface area contributed by atoms with Crippen LogP contribution in [0, 0.1) is 0 Å². The first-order valence-electron chi connectivity index (χ1n) is 9.63. The van der Waals surface area contributed by atoms with E-state index in [1.165, 1.54) is 32.3 Å². The average molecular weight is 534 g/mol. The summed E-state index contributed by atoms with van der Waals surface area (Å²) in [5.41, 5.74) is 1.20. The summed E-state index contributed by atoms with van der Waals surface area (Å²) in [5.74, 6) is 1.59. The van der Waals surface area contributed by atoms with Crippen molar-refractivity contribution in [3.8, 4) is 11.6 Å². The molecule has 5 heterocycles. The summed E-state index contributed by atoms with van der Waals surface area (Å²) in [6, 6.07) is 8.06. The van der Waals surface area contributed by atoms with Gasteiger partial charge >= 0.3 is 0 Å². The van der Waals surface area contributed by atoms with Gasteiger partial charge in [-0.3, -0.25) is 0 Å². The van der Waals surface area contributed by atoms with E-state index in [0.717, 1.165) is 18.1 Å². The van der Waals surface area contributed by atoms with Crippen LogP contribution in [-0.2, 0) is 6.42 Å². The molecule has 0 radical (unpaired) electrons. The van der Waals surface area contributed by atoms with Crippen molar-refractivity contribution in [3.05, 3.63) is 81.4 Å². The number of aromatic nitrogens is 5. The maximum atomic E-state index is 4.77. The zero-order valence-electron chi connectivity index (χ0n) is 17.5. The molecule has 5 rings (SSSR count). The topological polar surface area (TPSA) is 48.5 Å². The van der Waals surface area contributed by atoms with Gasteiger partial charge in [0.1, 0.15) is 0 Å². The molecule has 2 aliphatic rings. The molecule has 0 N–H and O–H groups in total. The van der Waals surface area contributed by atoms with Crippen LogP contribution in [0.4, 0.5) is 0 Å². The van der Waals surface area contributed by atoms with Crippen molar-refractivity contribution in [2.45, 2.75) is 13.3 Å². The maximum absolute atomic E-state index is 4.77. The summed E-state index contributed by atoms with van der Waals surface area (Å²) in [7, 11) is 0. The van der Waals surface area contributed by atoms with Crippen LogP contribution in [-0.4, -0.2) is 37.1 Å². The normalized spacial score (nSPS) is 16.7. The number of hydrogen-bond acceptors (Lipinski definition) is 9. The highest BCUT2D eigenvalue weighted by molar-refractivity contribution is 8.42. The van der Waals surface area contributed by atoms with Gasteiger partial charge in [0.15, 0.2) is 11.6 Å². The van der Waals surface area contributed by atoms with Crippen LogP contribution in [0.15, 0.2) is 75.8 Å². The maximum Gasteiger partial charge on any atom is 0.156 e. The molecule has 3 aromatic rings. The monoisotopic (exact) mass is 533 g/mol. The summed E-state index contributed by atoms with van der Waals surface area (Å²) in [6.07, 6.45) is 12.6. The molecule has 0 saturated carbocycles. The zero-order valence-corrected chi connectivity index (χ0v) is 22.4. The highest BCUT2D eigenvalue weighted by Crippen LogP contribution is 2.63. The van der Waals surface area contributed by atoms with Gasteiger partial charge in [-0.25, -0.2) is 14.3 Å². The molecular weight excluding hydrogens is 515 g/mol. The Morgan fingerprint density at radius 2 is 1.38 bits per heavy atom. The third kappa shape index (κ3) is 4.74. The molecule has 0 bridgehead atoms. The molecule has 5 nitrogen and oxygen atoms in total. The van der Waals surface area contributed by atoms with Crippen LogP contribution in [0.2, 0.25) is 0 Å². The van der Waals surface area contributed by atoms with E-state index in [0.29, 0.717) is 0 Å². The first-order valence-corrected chi connectivity index (χ1v) is 15.3. The highest BCUT2D eigenvalue weighted by Gasteiger charge is 2.28. The van der Waals surface area contributed by atoms with Crippen molar-refractivity contribution in [3.63, 3.8) is 0 Å². The predicted octanol–water partition coefficient (Wildman–Crippen LogP) is 7.17. The highest BCUT2D eigenvalue weighted by atomic mass is 32.3. The molecule has 0 aromatic carbocycles. The molecular formula is C21H19N5S6. The van der Waals surface area contributed by atoms with E-state index in [-0.39, 0.29) is 0 Å². The lowest BCUT2D eigenvalue weighted by Gasteiger charge is -2.10. The SMILES string of the molecule is CSC1=C(SC)SC(=C2SC(C)=C(Cc3cc(-n4cccn4)nc(-n4cccn4)c3)S2)S1. The van der Waals surface area contributed by atoms with E-state index >= 15 is 0 Å². The van der Waals surface area contributed by atoms with E-state index in [1.807, 2.05) is 95.1 Å². The van der Waals surface area contributed by atoms with E-state index in [9.17, 15) is 0 Å². The largest absolute Gasteiger partial charge is 0.223 e. The van der Waals surface area contributed by atoms with Gasteiger partial charge in [0.05, 0.1) is 16.9 Å². The smallest absolute Gasteiger partial charge is 0.156 e. The second kappa shape index (κ2) is 10.0. The summed E-state index contributed by atoms with van der Waals surface area (Å²) >= 11 is 11.3. The van der Waals surface area contributed by atoms with E-state index in [1.54, 1.807) is 21.8 Å². The Morgan fingerprint density at radius 1 is 0.812 bits per heavy atom. The second-order valence-corrected chi connectivity index (χ2v) is 13.8. The third-order valence-corrected chi connectivity index (χ3v) is 13.0. The summed E-state index contributed by atoms with van der Waals surface area (Å²) in [4.78, 5) is 7.54. The Kier molecular flexibility index (Phi) is 7.10. The van der Waals surface area contributed by atoms with Crippen molar-refractivity contribution >= 4 is 70.6 Å². The van der Waals surface area contributed by atoms with Gasteiger partial charge in [-0.05, 0) is 54.2 Å². The van der Waals surface area contributed by atoms with Gasteiger partial charge in [0, 0.05) is 36.1 Å². The van der Waals surface area contributed by atoms with Gasteiger partial charge in [0.2, 0.25) is 0 Å². The van der Waals surface area contributed by atoms with Gasteiger partial charge in [-0.15, -0.1) is 23.5 Å². The average Bonchev–Trinajstić information content (AvgIpc) is 3.61. The Morgan fingerprint density at radius 3 is 1.88 bits per heavy atom. The standard InChI is InChI=1S/C21H19N5S6/c1-13-15(30-20(29-13)21-31-18(27-2)19(28-3)32-21)10-14-11-16(25-8-4-6-22-25)24-17(12-14)26-9-5-7-23-26/h4-9,11-12H,10H2,1-3H3. The second-order valence-electron chi connectivity index (χ2n) is 6.72. The van der Waals surface area contributed by atoms with Crippen molar-refractivity contribution in [2.24, 2.45) is 0 Å². The summed E-state index contributed by atoms with van der Waals surface area (Å²) in [6.45, 7) is 2.23. The lowest BCUT2D eigenvalue weighted by molar-refractivity contribution is 0.799. The molecule has 11 heteroatoms. The van der Waals surface area contributed by atoms with Crippen LogP contribution in [0.25, 0.3) is 11.6 Å². The number of nitrogens with zero attached hydrogens (tertiary/aromatic N) is 5. The number of allylic oxidation sites excluding steroid dienone is 2. The first kappa shape index (κ1) is 22.7. The molecule has 164 valence electrons. The molecule has 2 aliphatic heterocycles. The lowest BCUT2D eigenvalue weighted by Crippen LogP contribution is -2.06. The molecule has 0 unspecified atom stereocenters. The number of hydrogen-bond donors (Lipinski definition) is 0. The Labute approximate surface area is 212 Å². The van der Waals surface area contributed by atoms with Gasteiger partial charge in [-0.2, -0.15) is 10.2 Å². The van der Waals surface area contributed by atoms with Crippen molar-refractivity contribution in [2.75, 3.05) is 12.5 Å². The molecule has 0 spiro atoms. The number of pyridine rings is 1. The lowest BCUT2D eigenvalue weighted by atomic mass is 10.1. The molecule has 32 heavy (non-hydrogen) atoms. The van der Waals surface area contributed by atoms with Crippen LogP contribution in [0.3, 0.4) is 0 Å². The minimum absolute atomic E-state index is 0.797. The van der Waals surface area contributed by atoms with E-state index in [2.05, 4.69) is 41.8 Å². The predicted molar refractivity (Wildman–Crippen MR) is 146 cm³/mol. The summed E-state index contributed by atoms with van der Waals surface area (Å²) in [5, 5.41) is 8.75. The number of rotatable bonds is 6. The van der Waals surface area contributed by atoms with Crippen molar-refractivity contribution in [1.29, 1.82) is 0 Å². The molecule has 0 fully saturated rings. The fraction of sp³-hybridized carbons (Fsp3) is 0.190. The number of thioether (sulfide) groups is 6. The van der Waals surface area contributed by atoms with E-state index in [4.69, 9.17) is 4.98 Å². The van der Waals surface area contributed by atoms with E-state index < -0.39 is 0 Å². The fourth-order valence-electron chi connectivity index (χ4n) is 3.14. The minimum atomic E-state index is 0.797. The van der Waals surface area contributed by atoms with Gasteiger partial charge < -0.3 is 0 Å². The molecule has 0 aliphatic carbocycles. The Hall–Kier alpha value is -1.11. The fourth-order valence-corrected chi connectivity index (χ4v) is 11.1. The van der Waals surface area contributed by atoms with Crippen LogP contribution < -0.4 is 0 Å². The van der Waals surface area contributed by atoms with Crippen LogP contribution in [0.5, 0.6) is 0 Å². The Bertz CT molecular complexity index is 1160. The quantitative estimate of drug-likeness (QED) is 0.328. The van der Waals surface area contributed by atoms with Crippen molar-refractivity contribution < 1.29 is 0 Å². The van der Waals surface area contributed by atoms with Crippen molar-refractivity contribution in [1.82, 2.24) is 24.5 Å². The Balaban J connectivity index is 1.42. The molecule has 0 saturated heterocycles.